The van der Waals surface area contributed by atoms with Crippen LogP contribution in [0.3, 0.4) is 0 Å². The van der Waals surface area contributed by atoms with Crippen LogP contribution in [0.1, 0.15) is 44.3 Å². The molecule has 1 aromatic rings. The van der Waals surface area contributed by atoms with Gasteiger partial charge < -0.3 is 19.9 Å². The van der Waals surface area contributed by atoms with Crippen molar-refractivity contribution in [1.29, 1.82) is 0 Å². The van der Waals surface area contributed by atoms with Gasteiger partial charge in [0.05, 0.1) is 25.9 Å². The summed E-state index contributed by atoms with van der Waals surface area (Å²) in [5.74, 6) is 1.00. The van der Waals surface area contributed by atoms with E-state index in [1.165, 1.54) is 25.7 Å². The van der Waals surface area contributed by atoms with Gasteiger partial charge in [-0.1, -0.05) is 12.8 Å². The predicted octanol–water partition coefficient (Wildman–Crippen LogP) is 1.63. The lowest BCUT2D eigenvalue weighted by Crippen LogP contribution is -2.48. The summed E-state index contributed by atoms with van der Waals surface area (Å²) in [5.41, 5.74) is 1.13. The van der Waals surface area contributed by atoms with Gasteiger partial charge in [-0.15, -0.1) is 0 Å². The second-order valence-electron chi connectivity index (χ2n) is 7.41. The van der Waals surface area contributed by atoms with Crippen molar-refractivity contribution in [2.24, 2.45) is 12.0 Å². The van der Waals surface area contributed by atoms with E-state index in [1.54, 1.807) is 0 Å². The Kier molecular flexibility index (Phi) is 6.91. The molecule has 26 heavy (non-hydrogen) atoms. The molecule has 1 unspecified atom stereocenters. The molecule has 0 bridgehead atoms. The first-order valence-electron chi connectivity index (χ1n) is 10.0. The van der Waals surface area contributed by atoms with E-state index in [9.17, 15) is 0 Å². The topological polar surface area (TPSA) is 57.9 Å². The molecule has 1 aliphatic carbocycles. The molecular weight excluding hydrogens is 328 g/mol. The highest BCUT2D eigenvalue weighted by Gasteiger charge is 2.25. The van der Waals surface area contributed by atoms with Crippen molar-refractivity contribution in [3.63, 3.8) is 0 Å². The number of hydrogen-bond donors (Lipinski definition) is 1. The first kappa shape index (κ1) is 19.2. The molecule has 0 amide bonds. The fourth-order valence-corrected chi connectivity index (χ4v) is 3.92. The number of hydrogen-bond acceptors (Lipinski definition) is 4. The Labute approximate surface area is 157 Å². The molecule has 1 saturated heterocycles. The highest BCUT2D eigenvalue weighted by Crippen LogP contribution is 2.23. The van der Waals surface area contributed by atoms with Crippen LogP contribution in [0.2, 0.25) is 0 Å². The minimum atomic E-state index is 0.0578. The number of likely N-dealkylation sites (N-methyl/N-ethyl adjacent to an activating group) is 1. The summed E-state index contributed by atoms with van der Waals surface area (Å²) in [6, 6.07) is 0.756. The highest BCUT2D eigenvalue weighted by atomic mass is 16.5. The summed E-state index contributed by atoms with van der Waals surface area (Å²) in [5, 5.41) is 7.73. The van der Waals surface area contributed by atoms with Gasteiger partial charge in [0.25, 0.3) is 0 Å². The predicted molar refractivity (Wildman–Crippen MR) is 104 cm³/mol. The van der Waals surface area contributed by atoms with Crippen molar-refractivity contribution in [1.82, 2.24) is 24.9 Å². The molecule has 2 fully saturated rings. The van der Waals surface area contributed by atoms with Crippen LogP contribution in [0.25, 0.3) is 0 Å². The van der Waals surface area contributed by atoms with E-state index in [0.29, 0.717) is 6.61 Å². The van der Waals surface area contributed by atoms with Gasteiger partial charge in [-0.3, -0.25) is 9.67 Å². The van der Waals surface area contributed by atoms with E-state index in [1.807, 2.05) is 24.1 Å². The summed E-state index contributed by atoms with van der Waals surface area (Å²) >= 11 is 0. The fourth-order valence-electron chi connectivity index (χ4n) is 3.92. The van der Waals surface area contributed by atoms with Gasteiger partial charge in [0, 0.05) is 44.5 Å². The lowest BCUT2D eigenvalue weighted by atomic mass is 10.1. The van der Waals surface area contributed by atoms with Crippen LogP contribution >= 0.6 is 0 Å². The number of aryl methyl sites for hydroxylation is 1. The number of aromatic nitrogens is 2. The van der Waals surface area contributed by atoms with E-state index in [4.69, 9.17) is 9.73 Å². The molecule has 2 aliphatic rings. The molecule has 0 radical (unpaired) electrons. The Morgan fingerprint density at radius 3 is 2.92 bits per heavy atom. The first-order chi connectivity index (χ1) is 12.7. The number of rotatable bonds is 6. The third kappa shape index (κ3) is 4.98. The van der Waals surface area contributed by atoms with E-state index in [0.717, 1.165) is 50.3 Å². The Morgan fingerprint density at radius 2 is 2.23 bits per heavy atom. The number of morpholine rings is 1. The number of aliphatic imine (C=N–C) groups is 1. The molecule has 1 N–H and O–H groups in total. The largest absolute Gasteiger partial charge is 0.370 e. The van der Waals surface area contributed by atoms with Crippen molar-refractivity contribution in [2.45, 2.75) is 44.8 Å². The fraction of sp³-hybridized carbons (Fsp3) is 0.789. The zero-order chi connectivity index (χ0) is 18.4. The van der Waals surface area contributed by atoms with Crippen LogP contribution in [-0.2, 0) is 11.8 Å². The van der Waals surface area contributed by atoms with Crippen molar-refractivity contribution in [2.75, 3.05) is 46.4 Å². The van der Waals surface area contributed by atoms with E-state index >= 15 is 0 Å². The maximum atomic E-state index is 5.96. The summed E-state index contributed by atoms with van der Waals surface area (Å²) in [6.07, 6.45) is 9.44. The average Bonchev–Trinajstić information content (AvgIpc) is 3.33. The van der Waals surface area contributed by atoms with Gasteiger partial charge in [-0.05, 0) is 26.8 Å². The average molecular weight is 363 g/mol. The number of guanidine groups is 1. The monoisotopic (exact) mass is 362 g/mol. The van der Waals surface area contributed by atoms with Gasteiger partial charge in [-0.25, -0.2) is 0 Å². The number of nitrogens with zero attached hydrogens (tertiary/aromatic N) is 5. The minimum absolute atomic E-state index is 0.0578. The third-order valence-electron chi connectivity index (χ3n) is 5.46. The Balaban J connectivity index is 1.56. The quantitative estimate of drug-likeness (QED) is 0.616. The molecular formula is C19H34N6O. The Hall–Kier alpha value is -1.60. The smallest absolute Gasteiger partial charge is 0.194 e. The van der Waals surface area contributed by atoms with Gasteiger partial charge in [-0.2, -0.15) is 5.10 Å². The zero-order valence-electron chi connectivity index (χ0n) is 16.5. The van der Waals surface area contributed by atoms with Crippen LogP contribution in [0.15, 0.2) is 17.4 Å². The van der Waals surface area contributed by atoms with Crippen molar-refractivity contribution < 1.29 is 4.74 Å². The molecule has 1 aromatic heterocycles. The van der Waals surface area contributed by atoms with E-state index < -0.39 is 0 Å². The molecule has 0 aromatic carbocycles. The number of ether oxygens (including phenoxy) is 1. The van der Waals surface area contributed by atoms with Crippen LogP contribution in [0.5, 0.6) is 0 Å². The van der Waals surface area contributed by atoms with Crippen molar-refractivity contribution in [3.05, 3.63) is 18.0 Å². The van der Waals surface area contributed by atoms with Crippen LogP contribution in [0.4, 0.5) is 0 Å². The summed E-state index contributed by atoms with van der Waals surface area (Å²) < 4.78 is 7.79. The molecule has 146 valence electrons. The first-order valence-corrected chi connectivity index (χ1v) is 10.0. The zero-order valence-corrected chi connectivity index (χ0v) is 16.5. The summed E-state index contributed by atoms with van der Waals surface area (Å²) in [4.78, 5) is 9.70. The molecule has 1 saturated carbocycles. The SMILES string of the molecule is CCNC(=NCCN(C)C1CCCC1)N1CCOC(c2cnn(C)c2)C1. The maximum Gasteiger partial charge on any atom is 0.194 e. The molecule has 2 heterocycles. The molecule has 1 atom stereocenters. The van der Waals surface area contributed by atoms with Crippen molar-refractivity contribution >= 4 is 5.96 Å². The van der Waals surface area contributed by atoms with Gasteiger partial charge in [0.1, 0.15) is 6.10 Å². The van der Waals surface area contributed by atoms with Crippen molar-refractivity contribution in [3.8, 4) is 0 Å². The lowest BCUT2D eigenvalue weighted by molar-refractivity contribution is -0.00805. The third-order valence-corrected chi connectivity index (χ3v) is 5.46. The van der Waals surface area contributed by atoms with Gasteiger partial charge >= 0.3 is 0 Å². The van der Waals surface area contributed by atoms with Crippen LogP contribution in [0, 0.1) is 0 Å². The Morgan fingerprint density at radius 1 is 1.42 bits per heavy atom. The summed E-state index contributed by atoms with van der Waals surface area (Å²) in [6.45, 7) is 7.27. The maximum absolute atomic E-state index is 5.96. The summed E-state index contributed by atoms with van der Waals surface area (Å²) in [7, 11) is 4.18. The molecule has 1 aliphatic heterocycles. The molecule has 0 spiro atoms. The molecule has 7 nitrogen and oxygen atoms in total. The second-order valence-corrected chi connectivity index (χ2v) is 7.41. The van der Waals surface area contributed by atoms with E-state index in [-0.39, 0.29) is 6.10 Å². The standard InChI is InChI=1S/C19H34N6O/c1-4-20-19(21-9-10-23(2)17-7-5-6-8-17)25-11-12-26-18(15-25)16-13-22-24(3)14-16/h13-14,17-18H,4-12,15H2,1-3H3,(H,20,21). The van der Waals surface area contributed by atoms with Crippen LogP contribution < -0.4 is 5.32 Å². The van der Waals surface area contributed by atoms with E-state index in [2.05, 4.69) is 34.2 Å². The highest BCUT2D eigenvalue weighted by molar-refractivity contribution is 5.80. The molecule has 3 rings (SSSR count). The van der Waals surface area contributed by atoms with Gasteiger partial charge in [0.2, 0.25) is 0 Å². The van der Waals surface area contributed by atoms with Gasteiger partial charge in [0.15, 0.2) is 5.96 Å². The lowest BCUT2D eigenvalue weighted by Gasteiger charge is -2.35. The molecule has 7 heteroatoms. The Bertz CT molecular complexity index is 580. The normalized spacial score (nSPS) is 22.4. The number of nitrogens with one attached hydrogen (secondary N) is 1. The second kappa shape index (κ2) is 9.37. The minimum Gasteiger partial charge on any atom is -0.370 e. The van der Waals surface area contributed by atoms with Crippen LogP contribution in [-0.4, -0.2) is 78.0 Å².